The molecule has 10 heteroatoms. The highest BCUT2D eigenvalue weighted by molar-refractivity contribution is 5.79. The Hall–Kier alpha value is -3.60. The van der Waals surface area contributed by atoms with Gasteiger partial charge in [-0.2, -0.15) is 4.98 Å². The van der Waals surface area contributed by atoms with E-state index >= 15 is 8.78 Å². The minimum absolute atomic E-state index is 0.0161. The predicted molar refractivity (Wildman–Crippen MR) is 138 cm³/mol. The Balaban J connectivity index is 1.22. The minimum Gasteiger partial charge on any atom is -0.379 e. The first-order chi connectivity index (χ1) is 18.1. The lowest BCUT2D eigenvalue weighted by Crippen LogP contribution is -2.37. The van der Waals surface area contributed by atoms with Gasteiger partial charge in [0.15, 0.2) is 11.6 Å². The molecule has 2 saturated heterocycles. The van der Waals surface area contributed by atoms with Crippen LogP contribution in [0, 0.1) is 11.6 Å². The number of fused-ring (bicyclic) bond motifs is 1. The van der Waals surface area contributed by atoms with Gasteiger partial charge in [0.25, 0.3) is 0 Å². The molecule has 4 aromatic rings. The summed E-state index contributed by atoms with van der Waals surface area (Å²) in [5.41, 5.74) is 2.98. The van der Waals surface area contributed by atoms with E-state index in [2.05, 4.69) is 32.3 Å². The molecule has 0 aliphatic carbocycles. The summed E-state index contributed by atoms with van der Waals surface area (Å²) in [6, 6.07) is 12.7. The Labute approximate surface area is 213 Å². The van der Waals surface area contributed by atoms with Gasteiger partial charge in [-0.05, 0) is 23.8 Å². The van der Waals surface area contributed by atoms with E-state index in [1.807, 2.05) is 18.2 Å². The molecule has 0 spiro atoms. The topological polar surface area (TPSA) is 67.7 Å². The summed E-state index contributed by atoms with van der Waals surface area (Å²) in [5.74, 6) is -0.814. The van der Waals surface area contributed by atoms with Crippen LogP contribution in [0.5, 0.6) is 0 Å². The summed E-state index contributed by atoms with van der Waals surface area (Å²) >= 11 is 0. The number of benzene rings is 2. The molecule has 0 unspecified atom stereocenters. The molecule has 192 valence electrons. The maximum atomic E-state index is 15.0. The van der Waals surface area contributed by atoms with Crippen LogP contribution in [0.3, 0.4) is 0 Å². The van der Waals surface area contributed by atoms with E-state index in [1.165, 1.54) is 17.7 Å². The van der Waals surface area contributed by atoms with Crippen molar-refractivity contribution in [2.75, 3.05) is 62.8 Å². The van der Waals surface area contributed by atoms with Gasteiger partial charge in [-0.15, -0.1) is 0 Å². The van der Waals surface area contributed by atoms with Crippen molar-refractivity contribution in [3.63, 3.8) is 0 Å². The molecule has 4 heterocycles. The number of ether oxygens (including phenoxy) is 2. The summed E-state index contributed by atoms with van der Waals surface area (Å²) in [6.07, 6.45) is 3.44. The molecule has 0 atom stereocenters. The van der Waals surface area contributed by atoms with Gasteiger partial charge in [0.1, 0.15) is 11.3 Å². The number of anilines is 3. The van der Waals surface area contributed by atoms with E-state index in [0.717, 1.165) is 43.9 Å². The van der Waals surface area contributed by atoms with Crippen LogP contribution in [0.15, 0.2) is 54.9 Å². The zero-order chi connectivity index (χ0) is 25.2. The van der Waals surface area contributed by atoms with Crippen molar-refractivity contribution in [3.05, 3.63) is 72.1 Å². The Morgan fingerprint density at radius 1 is 0.865 bits per heavy atom. The fourth-order valence-corrected chi connectivity index (χ4v) is 4.81. The minimum atomic E-state index is -0.608. The highest BCUT2D eigenvalue weighted by Gasteiger charge is 2.21. The molecule has 0 radical (unpaired) electrons. The lowest BCUT2D eigenvalue weighted by molar-refractivity contribution is 0.0342. The summed E-state index contributed by atoms with van der Waals surface area (Å²) in [6.45, 7) is 6.13. The van der Waals surface area contributed by atoms with Crippen LogP contribution in [0.4, 0.5) is 26.1 Å². The second-order valence-corrected chi connectivity index (χ2v) is 9.23. The van der Waals surface area contributed by atoms with E-state index in [4.69, 9.17) is 9.47 Å². The number of hydrogen-bond acceptors (Lipinski definition) is 7. The van der Waals surface area contributed by atoms with E-state index < -0.39 is 11.6 Å². The Morgan fingerprint density at radius 3 is 2.24 bits per heavy atom. The van der Waals surface area contributed by atoms with Crippen molar-refractivity contribution in [3.8, 4) is 5.69 Å². The summed E-state index contributed by atoms with van der Waals surface area (Å²) in [7, 11) is 0. The number of rotatable bonds is 6. The van der Waals surface area contributed by atoms with Crippen molar-refractivity contribution >= 4 is 28.4 Å². The molecular formula is C27H28F2N6O2. The standard InChI is InChI=1S/C27H28F2N6O2/c28-23-15-22(16-24(29)25(23)34-9-13-37-14-10-34)35-6-5-20-17-30-27(32-26(20)35)31-21-3-1-19(2-4-21)18-33-7-11-36-12-8-33/h1-6,15-17H,7-14,18H2,(H,30,31,32). The van der Waals surface area contributed by atoms with Crippen LogP contribution < -0.4 is 10.2 Å². The Kier molecular flexibility index (Phi) is 6.69. The van der Waals surface area contributed by atoms with Gasteiger partial charge in [0.2, 0.25) is 5.95 Å². The Bertz CT molecular complexity index is 1360. The second-order valence-electron chi connectivity index (χ2n) is 9.23. The van der Waals surface area contributed by atoms with Crippen molar-refractivity contribution in [2.24, 2.45) is 0 Å². The molecule has 6 rings (SSSR count). The predicted octanol–water partition coefficient (Wildman–Crippen LogP) is 4.11. The van der Waals surface area contributed by atoms with Crippen LogP contribution in [0.25, 0.3) is 16.7 Å². The monoisotopic (exact) mass is 506 g/mol. The molecule has 2 aromatic heterocycles. The van der Waals surface area contributed by atoms with Crippen LogP contribution in [-0.2, 0) is 16.0 Å². The highest BCUT2D eigenvalue weighted by atomic mass is 19.1. The van der Waals surface area contributed by atoms with Crippen molar-refractivity contribution in [1.82, 2.24) is 19.4 Å². The number of nitrogens with one attached hydrogen (secondary N) is 1. The lowest BCUT2D eigenvalue weighted by atomic mass is 10.2. The van der Waals surface area contributed by atoms with Gasteiger partial charge in [0, 0.05) is 68.3 Å². The van der Waals surface area contributed by atoms with Crippen molar-refractivity contribution < 1.29 is 18.3 Å². The van der Waals surface area contributed by atoms with Crippen LogP contribution in [0.2, 0.25) is 0 Å². The maximum Gasteiger partial charge on any atom is 0.229 e. The van der Waals surface area contributed by atoms with Gasteiger partial charge in [-0.3, -0.25) is 4.90 Å². The molecule has 37 heavy (non-hydrogen) atoms. The number of nitrogens with zero attached hydrogens (tertiary/aromatic N) is 5. The molecule has 2 fully saturated rings. The van der Waals surface area contributed by atoms with Gasteiger partial charge >= 0.3 is 0 Å². The largest absolute Gasteiger partial charge is 0.379 e. The molecule has 1 N–H and O–H groups in total. The first-order valence-electron chi connectivity index (χ1n) is 12.5. The van der Waals surface area contributed by atoms with Crippen LogP contribution in [-0.4, -0.2) is 72.0 Å². The third-order valence-corrected chi connectivity index (χ3v) is 6.75. The van der Waals surface area contributed by atoms with E-state index in [-0.39, 0.29) is 5.69 Å². The third-order valence-electron chi connectivity index (χ3n) is 6.75. The second kappa shape index (κ2) is 10.4. The summed E-state index contributed by atoms with van der Waals surface area (Å²) in [5, 5.41) is 4.00. The van der Waals surface area contributed by atoms with E-state index in [9.17, 15) is 0 Å². The number of morpholine rings is 2. The lowest BCUT2D eigenvalue weighted by Gasteiger charge is -2.29. The zero-order valence-corrected chi connectivity index (χ0v) is 20.4. The van der Waals surface area contributed by atoms with Crippen molar-refractivity contribution in [1.29, 1.82) is 0 Å². The average molecular weight is 507 g/mol. The first-order valence-corrected chi connectivity index (χ1v) is 12.5. The molecule has 2 aromatic carbocycles. The molecule has 0 amide bonds. The van der Waals surface area contributed by atoms with Gasteiger partial charge in [-0.1, -0.05) is 12.1 Å². The molecule has 2 aliphatic heterocycles. The van der Waals surface area contributed by atoms with Crippen molar-refractivity contribution in [2.45, 2.75) is 6.54 Å². The molecule has 0 saturated carbocycles. The number of aromatic nitrogens is 3. The fourth-order valence-electron chi connectivity index (χ4n) is 4.81. The molecule has 0 bridgehead atoms. The SMILES string of the molecule is Fc1cc(-n2ccc3cnc(Nc4ccc(CN5CCOCC5)cc4)nc32)cc(F)c1N1CCOCC1. The number of hydrogen-bond donors (Lipinski definition) is 1. The van der Waals surface area contributed by atoms with Crippen LogP contribution >= 0.6 is 0 Å². The number of halogens is 2. The fraction of sp³-hybridized carbons (Fsp3) is 0.333. The average Bonchev–Trinajstić information content (AvgIpc) is 3.34. The van der Waals surface area contributed by atoms with Gasteiger partial charge in [-0.25, -0.2) is 13.8 Å². The summed E-state index contributed by atoms with van der Waals surface area (Å²) in [4.78, 5) is 13.1. The first kappa shape index (κ1) is 23.8. The normalized spacial score (nSPS) is 16.9. The third kappa shape index (κ3) is 5.13. The highest BCUT2D eigenvalue weighted by Crippen LogP contribution is 2.29. The Morgan fingerprint density at radius 2 is 1.54 bits per heavy atom. The quantitative estimate of drug-likeness (QED) is 0.422. The molecule has 2 aliphatic rings. The van der Waals surface area contributed by atoms with E-state index in [1.54, 1.807) is 21.9 Å². The smallest absolute Gasteiger partial charge is 0.229 e. The van der Waals surface area contributed by atoms with Gasteiger partial charge in [0.05, 0.1) is 32.1 Å². The van der Waals surface area contributed by atoms with E-state index in [0.29, 0.717) is 43.6 Å². The zero-order valence-electron chi connectivity index (χ0n) is 20.4. The summed E-state index contributed by atoms with van der Waals surface area (Å²) < 4.78 is 42.5. The van der Waals surface area contributed by atoms with Crippen LogP contribution in [0.1, 0.15) is 5.56 Å². The maximum absolute atomic E-state index is 15.0. The van der Waals surface area contributed by atoms with Gasteiger partial charge < -0.3 is 24.3 Å². The molecule has 8 nitrogen and oxygen atoms in total. The molecular weight excluding hydrogens is 478 g/mol.